The maximum atomic E-state index is 13.1. The minimum atomic E-state index is -1.13. The Labute approximate surface area is 122 Å². The highest BCUT2D eigenvalue weighted by Crippen LogP contribution is 2.23. The molecule has 0 radical (unpaired) electrons. The number of rotatable bonds is 4. The fraction of sp³-hybridized carbons (Fsp3) is 0.467. The van der Waals surface area contributed by atoms with Crippen LogP contribution in [-0.2, 0) is 9.59 Å². The highest BCUT2D eigenvalue weighted by molar-refractivity contribution is 5.84. The van der Waals surface area contributed by atoms with Crippen LogP contribution in [0.5, 0.6) is 0 Å². The normalized spacial score (nSPS) is 20.1. The molecule has 21 heavy (non-hydrogen) atoms. The number of piperidine rings is 1. The molecule has 1 amide bonds. The molecule has 114 valence electrons. The van der Waals surface area contributed by atoms with Gasteiger partial charge in [-0.25, -0.2) is 9.18 Å². The van der Waals surface area contributed by atoms with Gasteiger partial charge in [0, 0.05) is 6.54 Å². The highest BCUT2D eigenvalue weighted by atomic mass is 19.1. The number of likely N-dealkylation sites (tertiary alicyclic amines) is 1. The lowest BCUT2D eigenvalue weighted by Gasteiger charge is -2.33. The van der Waals surface area contributed by atoms with Crippen molar-refractivity contribution >= 4 is 11.9 Å². The number of carbonyl (C=O) groups is 2. The third kappa shape index (κ3) is 3.78. The smallest absolute Gasteiger partial charge is 0.326 e. The highest BCUT2D eigenvalue weighted by Gasteiger charge is 2.32. The van der Waals surface area contributed by atoms with Crippen LogP contribution in [0.1, 0.15) is 37.4 Å². The van der Waals surface area contributed by atoms with Crippen molar-refractivity contribution < 1.29 is 24.2 Å². The van der Waals surface area contributed by atoms with Crippen molar-refractivity contribution in [2.45, 2.75) is 37.8 Å². The Morgan fingerprint density at radius 1 is 1.38 bits per heavy atom. The number of carboxylic acids is 1. The molecule has 2 atom stereocenters. The lowest BCUT2D eigenvalue weighted by Crippen LogP contribution is -2.48. The molecule has 6 heteroatoms. The van der Waals surface area contributed by atoms with E-state index in [1.54, 1.807) is 0 Å². The first-order chi connectivity index (χ1) is 9.99. The summed E-state index contributed by atoms with van der Waals surface area (Å²) in [6, 6.07) is 4.59. The van der Waals surface area contributed by atoms with Crippen LogP contribution in [0.4, 0.5) is 4.39 Å². The molecule has 0 aliphatic carbocycles. The number of hydrogen-bond donors (Lipinski definition) is 2. The van der Waals surface area contributed by atoms with Crippen molar-refractivity contribution in [3.8, 4) is 0 Å². The van der Waals surface area contributed by atoms with Crippen molar-refractivity contribution in [1.29, 1.82) is 0 Å². The van der Waals surface area contributed by atoms with Crippen LogP contribution in [-0.4, -0.2) is 39.6 Å². The molecular formula is C15H18FNO4. The largest absolute Gasteiger partial charge is 0.480 e. The molecule has 0 aromatic heterocycles. The van der Waals surface area contributed by atoms with Crippen LogP contribution in [0.2, 0.25) is 0 Å². The molecule has 0 bridgehead atoms. The summed E-state index contributed by atoms with van der Waals surface area (Å²) in [6.07, 6.45) is 0.577. The van der Waals surface area contributed by atoms with Gasteiger partial charge in [0.25, 0.3) is 0 Å². The summed E-state index contributed by atoms with van der Waals surface area (Å²) in [5.74, 6) is -1.93. The number of aliphatic hydroxyl groups is 1. The van der Waals surface area contributed by atoms with Crippen LogP contribution in [0.25, 0.3) is 0 Å². The molecule has 1 heterocycles. The molecule has 5 nitrogen and oxygen atoms in total. The van der Waals surface area contributed by atoms with Gasteiger partial charge in [-0.15, -0.1) is 0 Å². The van der Waals surface area contributed by atoms with E-state index in [-0.39, 0.29) is 6.42 Å². The second kappa shape index (κ2) is 6.67. The van der Waals surface area contributed by atoms with Crippen LogP contribution < -0.4 is 0 Å². The Balaban J connectivity index is 2.04. The van der Waals surface area contributed by atoms with E-state index < -0.39 is 29.8 Å². The molecule has 0 saturated carbocycles. The molecule has 1 fully saturated rings. The van der Waals surface area contributed by atoms with Gasteiger partial charge in [-0.05, 0) is 37.0 Å². The van der Waals surface area contributed by atoms with Gasteiger partial charge < -0.3 is 15.1 Å². The molecule has 1 aromatic rings. The topological polar surface area (TPSA) is 77.8 Å². The first-order valence-corrected chi connectivity index (χ1v) is 6.95. The number of carboxylic acid groups (broad SMARTS) is 1. The Hall–Kier alpha value is -1.95. The second-order valence-electron chi connectivity index (χ2n) is 5.21. The third-order valence-corrected chi connectivity index (χ3v) is 3.71. The van der Waals surface area contributed by atoms with Gasteiger partial charge in [0.05, 0.1) is 12.5 Å². The zero-order chi connectivity index (χ0) is 15.4. The number of aliphatic hydroxyl groups excluding tert-OH is 1. The minimum Gasteiger partial charge on any atom is -0.480 e. The number of hydrogen-bond acceptors (Lipinski definition) is 3. The Kier molecular flexibility index (Phi) is 4.90. The van der Waals surface area contributed by atoms with E-state index in [9.17, 15) is 19.1 Å². The number of halogens is 1. The standard InChI is InChI=1S/C15H18FNO4/c16-11-5-3-4-10(8-11)13(18)9-14(19)17-7-2-1-6-12(17)15(20)21/h3-5,8,12-13,18H,1-2,6-7,9H2,(H,20,21)/t12-,13?/m1/s1. The Bertz CT molecular complexity index is 534. The monoisotopic (exact) mass is 295 g/mol. The molecule has 2 N–H and O–H groups in total. The van der Waals surface area contributed by atoms with E-state index in [4.69, 9.17) is 5.11 Å². The first kappa shape index (κ1) is 15.4. The average Bonchev–Trinajstić information content (AvgIpc) is 2.47. The molecule has 1 aliphatic heterocycles. The number of amides is 1. The lowest BCUT2D eigenvalue weighted by molar-refractivity contribution is -0.153. The zero-order valence-electron chi connectivity index (χ0n) is 11.5. The minimum absolute atomic E-state index is 0.243. The van der Waals surface area contributed by atoms with Gasteiger partial charge in [-0.1, -0.05) is 12.1 Å². The van der Waals surface area contributed by atoms with E-state index in [0.29, 0.717) is 18.5 Å². The maximum absolute atomic E-state index is 13.1. The number of aliphatic carboxylic acids is 1. The lowest BCUT2D eigenvalue weighted by atomic mass is 10.00. The third-order valence-electron chi connectivity index (χ3n) is 3.71. The molecule has 1 saturated heterocycles. The van der Waals surface area contributed by atoms with Gasteiger partial charge in [-0.2, -0.15) is 0 Å². The quantitative estimate of drug-likeness (QED) is 0.886. The molecular weight excluding hydrogens is 277 g/mol. The van der Waals surface area contributed by atoms with Crippen LogP contribution in [0, 0.1) is 5.82 Å². The van der Waals surface area contributed by atoms with E-state index in [1.165, 1.54) is 29.2 Å². The predicted molar refractivity (Wildman–Crippen MR) is 73.0 cm³/mol. The maximum Gasteiger partial charge on any atom is 0.326 e. The van der Waals surface area contributed by atoms with Crippen LogP contribution in [0.3, 0.4) is 0 Å². The van der Waals surface area contributed by atoms with Gasteiger partial charge in [0.1, 0.15) is 11.9 Å². The molecule has 2 rings (SSSR count). The second-order valence-corrected chi connectivity index (χ2v) is 5.21. The van der Waals surface area contributed by atoms with E-state index >= 15 is 0 Å². The van der Waals surface area contributed by atoms with Crippen molar-refractivity contribution in [2.24, 2.45) is 0 Å². The Morgan fingerprint density at radius 3 is 2.81 bits per heavy atom. The van der Waals surface area contributed by atoms with Crippen LogP contribution in [0.15, 0.2) is 24.3 Å². The van der Waals surface area contributed by atoms with Crippen LogP contribution >= 0.6 is 0 Å². The van der Waals surface area contributed by atoms with Crippen molar-refractivity contribution in [3.05, 3.63) is 35.6 Å². The summed E-state index contributed by atoms with van der Waals surface area (Å²) in [5, 5.41) is 19.1. The SMILES string of the molecule is O=C(O)[C@H]1CCCCN1C(=O)CC(O)c1cccc(F)c1. The zero-order valence-corrected chi connectivity index (χ0v) is 11.5. The fourth-order valence-corrected chi connectivity index (χ4v) is 2.60. The summed E-state index contributed by atoms with van der Waals surface area (Å²) in [6.45, 7) is 0.381. The Morgan fingerprint density at radius 2 is 2.14 bits per heavy atom. The van der Waals surface area contributed by atoms with E-state index in [1.807, 2.05) is 0 Å². The molecule has 1 aliphatic rings. The predicted octanol–water partition coefficient (Wildman–Crippen LogP) is 1.71. The van der Waals surface area contributed by atoms with Crippen molar-refractivity contribution in [3.63, 3.8) is 0 Å². The van der Waals surface area contributed by atoms with E-state index in [0.717, 1.165) is 12.8 Å². The van der Waals surface area contributed by atoms with Gasteiger partial charge in [-0.3, -0.25) is 4.79 Å². The fourth-order valence-electron chi connectivity index (χ4n) is 2.60. The molecule has 0 spiro atoms. The molecule has 1 aromatic carbocycles. The summed E-state index contributed by atoms with van der Waals surface area (Å²) >= 11 is 0. The average molecular weight is 295 g/mol. The summed E-state index contributed by atoms with van der Waals surface area (Å²) in [7, 11) is 0. The number of benzene rings is 1. The summed E-state index contributed by atoms with van der Waals surface area (Å²) < 4.78 is 13.1. The van der Waals surface area contributed by atoms with Gasteiger partial charge >= 0.3 is 5.97 Å². The van der Waals surface area contributed by atoms with E-state index in [2.05, 4.69) is 0 Å². The van der Waals surface area contributed by atoms with Gasteiger partial charge in [0.2, 0.25) is 5.91 Å². The van der Waals surface area contributed by atoms with Crippen molar-refractivity contribution in [1.82, 2.24) is 4.90 Å². The molecule has 1 unspecified atom stereocenters. The number of nitrogens with zero attached hydrogens (tertiary/aromatic N) is 1. The van der Waals surface area contributed by atoms with Crippen molar-refractivity contribution in [2.75, 3.05) is 6.54 Å². The van der Waals surface area contributed by atoms with Gasteiger partial charge in [0.15, 0.2) is 0 Å². The summed E-state index contributed by atoms with van der Waals surface area (Å²) in [4.78, 5) is 24.7. The summed E-state index contributed by atoms with van der Waals surface area (Å²) in [5.41, 5.74) is 0.312. The first-order valence-electron chi connectivity index (χ1n) is 6.95. The number of carbonyl (C=O) groups excluding carboxylic acids is 1.